The normalized spacial score (nSPS) is 11.8. The van der Waals surface area contributed by atoms with Crippen molar-refractivity contribution in [3.63, 3.8) is 0 Å². The van der Waals surface area contributed by atoms with Crippen molar-refractivity contribution < 1.29 is 9.53 Å². The molecule has 2 aromatic rings. The predicted octanol–water partition coefficient (Wildman–Crippen LogP) is 4.81. The molecule has 0 fully saturated rings. The summed E-state index contributed by atoms with van der Waals surface area (Å²) in [5.74, 6) is 0.755. The molecule has 23 heavy (non-hydrogen) atoms. The number of halogens is 2. The zero-order chi connectivity index (χ0) is 16.8. The van der Waals surface area contributed by atoms with Gasteiger partial charge in [0.05, 0.1) is 13.2 Å². The lowest BCUT2D eigenvalue weighted by atomic mass is 10.1. The first-order valence-electron chi connectivity index (χ1n) is 7.37. The fraction of sp³-hybridized carbons (Fsp3) is 0.278. The van der Waals surface area contributed by atoms with Crippen LogP contribution < -0.4 is 10.1 Å². The molecule has 1 amide bonds. The minimum Gasteiger partial charge on any atom is -0.497 e. The van der Waals surface area contributed by atoms with Crippen LogP contribution in [0.25, 0.3) is 0 Å². The Morgan fingerprint density at radius 2 is 1.74 bits per heavy atom. The number of nitrogens with one attached hydrogen (secondary N) is 1. The van der Waals surface area contributed by atoms with Crippen molar-refractivity contribution in [3.05, 3.63) is 63.6 Å². The van der Waals surface area contributed by atoms with E-state index in [1.54, 1.807) is 25.3 Å². The van der Waals surface area contributed by atoms with Crippen molar-refractivity contribution in [2.75, 3.05) is 7.11 Å². The van der Waals surface area contributed by atoms with E-state index in [4.69, 9.17) is 27.9 Å². The molecule has 2 rings (SSSR count). The lowest BCUT2D eigenvalue weighted by Gasteiger charge is -2.15. The number of hydrogen-bond acceptors (Lipinski definition) is 2. The van der Waals surface area contributed by atoms with Crippen LogP contribution in [0.1, 0.15) is 30.5 Å². The molecule has 0 unspecified atom stereocenters. The second kappa shape index (κ2) is 8.23. The number of rotatable bonds is 6. The first kappa shape index (κ1) is 17.6. The Morgan fingerprint density at radius 3 is 2.30 bits per heavy atom. The average molecular weight is 352 g/mol. The lowest BCUT2D eigenvalue weighted by Crippen LogP contribution is -2.26. The van der Waals surface area contributed by atoms with Gasteiger partial charge in [0.25, 0.3) is 0 Å². The van der Waals surface area contributed by atoms with Crippen LogP contribution >= 0.6 is 23.2 Å². The van der Waals surface area contributed by atoms with Crippen LogP contribution in [0.15, 0.2) is 42.5 Å². The molecule has 0 saturated carbocycles. The first-order valence-corrected chi connectivity index (χ1v) is 8.13. The average Bonchev–Trinajstić information content (AvgIpc) is 2.54. The third kappa shape index (κ3) is 4.88. The Morgan fingerprint density at radius 1 is 1.13 bits per heavy atom. The van der Waals surface area contributed by atoms with Gasteiger partial charge in [-0.1, -0.05) is 41.4 Å². The summed E-state index contributed by atoms with van der Waals surface area (Å²) < 4.78 is 5.13. The zero-order valence-electron chi connectivity index (χ0n) is 13.1. The second-order valence-electron chi connectivity index (χ2n) is 5.26. The van der Waals surface area contributed by atoms with Gasteiger partial charge in [-0.05, 0) is 48.7 Å². The molecule has 0 aliphatic rings. The van der Waals surface area contributed by atoms with E-state index < -0.39 is 0 Å². The van der Waals surface area contributed by atoms with Crippen LogP contribution in [-0.4, -0.2) is 13.0 Å². The van der Waals surface area contributed by atoms with Crippen LogP contribution in [0.5, 0.6) is 5.75 Å². The first-order chi connectivity index (χ1) is 11.0. The van der Waals surface area contributed by atoms with E-state index in [-0.39, 0.29) is 11.9 Å². The predicted molar refractivity (Wildman–Crippen MR) is 94.3 cm³/mol. The van der Waals surface area contributed by atoms with Gasteiger partial charge in [0, 0.05) is 16.5 Å². The van der Waals surface area contributed by atoms with Crippen molar-refractivity contribution >= 4 is 29.1 Å². The number of benzene rings is 2. The summed E-state index contributed by atoms with van der Waals surface area (Å²) in [4.78, 5) is 12.1. The summed E-state index contributed by atoms with van der Waals surface area (Å²) in [6, 6.07) is 12.9. The highest BCUT2D eigenvalue weighted by Gasteiger charge is 2.12. The van der Waals surface area contributed by atoms with Crippen LogP contribution in [-0.2, 0) is 11.2 Å². The van der Waals surface area contributed by atoms with Gasteiger partial charge in [0.15, 0.2) is 0 Å². The molecule has 1 atom stereocenters. The molecule has 1 N–H and O–H groups in total. The van der Waals surface area contributed by atoms with Crippen molar-refractivity contribution in [1.29, 1.82) is 0 Å². The number of carbonyl (C=O) groups is 1. The molecular formula is C18H19Cl2NO2. The van der Waals surface area contributed by atoms with Crippen molar-refractivity contribution in [2.24, 2.45) is 0 Å². The maximum absolute atomic E-state index is 12.1. The largest absolute Gasteiger partial charge is 0.497 e. The molecule has 122 valence electrons. The van der Waals surface area contributed by atoms with Gasteiger partial charge in [-0.25, -0.2) is 0 Å². The van der Waals surface area contributed by atoms with Gasteiger partial charge in [-0.2, -0.15) is 0 Å². The molecule has 0 spiro atoms. The Kier molecular flexibility index (Phi) is 6.31. The summed E-state index contributed by atoms with van der Waals surface area (Å²) in [5, 5.41) is 4.16. The fourth-order valence-electron chi connectivity index (χ4n) is 2.30. The quantitative estimate of drug-likeness (QED) is 0.810. The highest BCUT2D eigenvalue weighted by Crippen LogP contribution is 2.25. The second-order valence-corrected chi connectivity index (χ2v) is 6.08. The zero-order valence-corrected chi connectivity index (χ0v) is 14.6. The number of amides is 1. The van der Waals surface area contributed by atoms with Gasteiger partial charge in [-0.3, -0.25) is 4.79 Å². The Balaban J connectivity index is 1.91. The maximum Gasteiger partial charge on any atom is 0.220 e. The molecule has 0 heterocycles. The Bertz CT molecular complexity index is 651. The van der Waals surface area contributed by atoms with Crippen LogP contribution in [0.4, 0.5) is 0 Å². The molecule has 0 saturated heterocycles. The third-order valence-electron chi connectivity index (χ3n) is 3.66. The number of hydrogen-bond donors (Lipinski definition) is 1. The number of carbonyl (C=O) groups excluding carboxylic acids is 1. The summed E-state index contributed by atoms with van der Waals surface area (Å²) >= 11 is 12.2. The molecule has 0 aliphatic carbocycles. The van der Waals surface area contributed by atoms with Gasteiger partial charge < -0.3 is 10.1 Å². The van der Waals surface area contributed by atoms with E-state index in [1.807, 2.05) is 31.2 Å². The summed E-state index contributed by atoms with van der Waals surface area (Å²) in [5.41, 5.74) is 1.83. The molecule has 3 nitrogen and oxygen atoms in total. The third-order valence-corrected chi connectivity index (χ3v) is 4.37. The van der Waals surface area contributed by atoms with Gasteiger partial charge >= 0.3 is 0 Å². The van der Waals surface area contributed by atoms with Crippen LogP contribution in [0, 0.1) is 0 Å². The lowest BCUT2D eigenvalue weighted by molar-refractivity contribution is -0.121. The summed E-state index contributed by atoms with van der Waals surface area (Å²) in [6.45, 7) is 1.95. The van der Waals surface area contributed by atoms with Crippen LogP contribution in [0.2, 0.25) is 10.0 Å². The topological polar surface area (TPSA) is 38.3 Å². The van der Waals surface area contributed by atoms with E-state index in [0.717, 1.165) is 16.9 Å². The van der Waals surface area contributed by atoms with E-state index in [9.17, 15) is 4.79 Å². The van der Waals surface area contributed by atoms with Crippen LogP contribution in [0.3, 0.4) is 0 Å². The monoisotopic (exact) mass is 351 g/mol. The molecule has 5 heteroatoms. The molecule has 2 aromatic carbocycles. The number of methoxy groups -OCH3 is 1. The summed E-state index contributed by atoms with van der Waals surface area (Å²) in [6.07, 6.45) is 0.851. The van der Waals surface area contributed by atoms with Gasteiger partial charge in [-0.15, -0.1) is 0 Å². The fourth-order valence-corrected chi connectivity index (χ4v) is 2.89. The number of ether oxygens (including phenoxy) is 1. The van der Waals surface area contributed by atoms with Crippen molar-refractivity contribution in [3.8, 4) is 5.75 Å². The molecule has 0 aliphatic heterocycles. The highest BCUT2D eigenvalue weighted by molar-refractivity contribution is 6.36. The van der Waals surface area contributed by atoms with E-state index >= 15 is 0 Å². The smallest absolute Gasteiger partial charge is 0.220 e. The van der Waals surface area contributed by atoms with E-state index in [2.05, 4.69) is 5.32 Å². The molecule has 0 radical (unpaired) electrons. The van der Waals surface area contributed by atoms with Gasteiger partial charge in [0.1, 0.15) is 5.75 Å². The van der Waals surface area contributed by atoms with Crippen molar-refractivity contribution in [1.82, 2.24) is 5.32 Å². The molecular weight excluding hydrogens is 333 g/mol. The summed E-state index contributed by atoms with van der Waals surface area (Å²) in [7, 11) is 1.63. The Labute approximate surface area is 146 Å². The highest BCUT2D eigenvalue weighted by atomic mass is 35.5. The van der Waals surface area contributed by atoms with E-state index in [1.165, 1.54) is 0 Å². The Hall–Kier alpha value is -1.71. The maximum atomic E-state index is 12.1. The van der Waals surface area contributed by atoms with Crippen molar-refractivity contribution in [2.45, 2.75) is 25.8 Å². The molecule has 0 aromatic heterocycles. The van der Waals surface area contributed by atoms with Gasteiger partial charge in [0.2, 0.25) is 5.91 Å². The minimum absolute atomic E-state index is 0.0377. The SMILES string of the molecule is COc1ccc([C@@H](C)NC(=O)CCc2c(Cl)cccc2Cl)cc1. The molecule has 0 bridgehead atoms. The minimum atomic E-state index is -0.0740. The standard InChI is InChI=1S/C18H19Cl2NO2/c1-12(13-6-8-14(23-2)9-7-13)21-18(22)11-10-15-16(19)4-3-5-17(15)20/h3-9,12H,10-11H2,1-2H3,(H,21,22)/t12-/m1/s1. The van der Waals surface area contributed by atoms with E-state index in [0.29, 0.717) is 22.9 Å².